The Labute approximate surface area is 162 Å². The van der Waals surface area contributed by atoms with Crippen molar-refractivity contribution in [1.29, 1.82) is 0 Å². The van der Waals surface area contributed by atoms with Gasteiger partial charge in [0, 0.05) is 17.6 Å². The smallest absolute Gasteiger partial charge is 0.352 e. The predicted molar refractivity (Wildman–Crippen MR) is 94.1 cm³/mol. The number of hydrogen-bond donors (Lipinski definition) is 2. The molecule has 1 saturated carbocycles. The van der Waals surface area contributed by atoms with Crippen LogP contribution in [-0.2, 0) is 9.97 Å². The summed E-state index contributed by atoms with van der Waals surface area (Å²) in [5.41, 5.74) is 4.94. The van der Waals surface area contributed by atoms with Crippen molar-refractivity contribution in [2.24, 2.45) is 5.73 Å². The predicted octanol–water partition coefficient (Wildman–Crippen LogP) is 4.29. The second-order valence-corrected chi connectivity index (χ2v) is 8.38. The van der Waals surface area contributed by atoms with Crippen molar-refractivity contribution >= 4 is 40.8 Å². The zero-order valence-electron chi connectivity index (χ0n) is 13.1. The fraction of sp³-hybridized carbons (Fsp3) is 0.400. The second-order valence-electron chi connectivity index (χ2n) is 6.10. The number of nitrogens with zero attached hydrogens (tertiary/aromatic N) is 3. The van der Waals surface area contributed by atoms with E-state index in [1.807, 2.05) is 0 Å². The van der Waals surface area contributed by atoms with E-state index in [4.69, 9.17) is 40.5 Å². The second kappa shape index (κ2) is 6.67. The van der Waals surface area contributed by atoms with E-state index in [2.05, 4.69) is 20.3 Å². The molecule has 140 valence electrons. The molecular formula is C15H13Cl3F3N5. The maximum Gasteiger partial charge on any atom is 0.416 e. The maximum atomic E-state index is 12.9. The lowest BCUT2D eigenvalue weighted by molar-refractivity contribution is -0.137. The lowest BCUT2D eigenvalue weighted by Gasteiger charge is -2.15. The standard InChI is InChI=1S/C15H13Cl3F3N5/c16-14(17,18)11-24-10(8-2-1-3-9(6-8)15(19,20)21)25-12(26-11)23-7-13(22)4-5-13/h1-3,6H,4-5,7,22H2,(H,23,24,25,26). The van der Waals surface area contributed by atoms with E-state index in [0.717, 1.165) is 25.0 Å². The zero-order valence-corrected chi connectivity index (χ0v) is 15.4. The van der Waals surface area contributed by atoms with Crippen LogP contribution in [0.4, 0.5) is 19.1 Å². The third-order valence-electron chi connectivity index (χ3n) is 3.83. The molecule has 5 nitrogen and oxygen atoms in total. The molecular weight excluding hydrogens is 414 g/mol. The average molecular weight is 427 g/mol. The fourth-order valence-corrected chi connectivity index (χ4v) is 2.39. The third kappa shape index (κ3) is 4.68. The summed E-state index contributed by atoms with van der Waals surface area (Å²) in [6.07, 6.45) is -2.80. The summed E-state index contributed by atoms with van der Waals surface area (Å²) >= 11 is 17.5. The van der Waals surface area contributed by atoms with Crippen LogP contribution < -0.4 is 11.1 Å². The van der Waals surface area contributed by atoms with E-state index in [0.29, 0.717) is 6.54 Å². The van der Waals surface area contributed by atoms with Gasteiger partial charge in [0.15, 0.2) is 11.6 Å². The zero-order chi connectivity index (χ0) is 19.2. The molecule has 3 N–H and O–H groups in total. The van der Waals surface area contributed by atoms with Gasteiger partial charge in [0.05, 0.1) is 5.56 Å². The summed E-state index contributed by atoms with van der Waals surface area (Å²) in [6, 6.07) is 4.56. The van der Waals surface area contributed by atoms with E-state index < -0.39 is 15.5 Å². The topological polar surface area (TPSA) is 76.7 Å². The van der Waals surface area contributed by atoms with Crippen LogP contribution in [0.25, 0.3) is 11.4 Å². The van der Waals surface area contributed by atoms with E-state index in [9.17, 15) is 13.2 Å². The summed E-state index contributed by atoms with van der Waals surface area (Å²) in [7, 11) is 0. The van der Waals surface area contributed by atoms with Crippen LogP contribution in [-0.4, -0.2) is 27.0 Å². The molecule has 1 fully saturated rings. The van der Waals surface area contributed by atoms with Gasteiger partial charge in [0.1, 0.15) is 0 Å². The van der Waals surface area contributed by atoms with Gasteiger partial charge in [0.25, 0.3) is 0 Å². The highest BCUT2D eigenvalue weighted by Gasteiger charge is 2.38. The van der Waals surface area contributed by atoms with Gasteiger partial charge in [-0.3, -0.25) is 0 Å². The van der Waals surface area contributed by atoms with Crippen LogP contribution in [0.5, 0.6) is 0 Å². The minimum atomic E-state index is -4.50. The molecule has 26 heavy (non-hydrogen) atoms. The molecule has 0 saturated heterocycles. The van der Waals surface area contributed by atoms with Crippen LogP contribution in [0.3, 0.4) is 0 Å². The van der Waals surface area contributed by atoms with Gasteiger partial charge in [-0.15, -0.1) is 0 Å². The fourth-order valence-electron chi connectivity index (χ4n) is 2.14. The number of anilines is 1. The molecule has 1 aromatic carbocycles. The van der Waals surface area contributed by atoms with Crippen LogP contribution in [0, 0.1) is 0 Å². The van der Waals surface area contributed by atoms with Crippen molar-refractivity contribution in [1.82, 2.24) is 15.0 Å². The molecule has 0 unspecified atom stereocenters. The Kier molecular flexibility index (Phi) is 4.98. The Balaban J connectivity index is 2.00. The Bertz CT molecular complexity index is 819. The van der Waals surface area contributed by atoms with Crippen LogP contribution in [0.2, 0.25) is 0 Å². The highest BCUT2D eigenvalue weighted by molar-refractivity contribution is 6.66. The molecule has 0 radical (unpaired) electrons. The quantitative estimate of drug-likeness (QED) is 0.713. The molecule has 1 aliphatic rings. The summed E-state index contributed by atoms with van der Waals surface area (Å²) in [5, 5.41) is 2.93. The summed E-state index contributed by atoms with van der Waals surface area (Å²) in [6.45, 7) is 0.387. The first-order valence-corrected chi connectivity index (χ1v) is 8.63. The van der Waals surface area contributed by atoms with Gasteiger partial charge >= 0.3 is 6.18 Å². The maximum absolute atomic E-state index is 12.9. The molecule has 1 aromatic heterocycles. The summed E-state index contributed by atoms with van der Waals surface area (Å²) in [4.78, 5) is 12.2. The van der Waals surface area contributed by atoms with Crippen molar-refractivity contribution in [3.05, 3.63) is 35.7 Å². The monoisotopic (exact) mass is 425 g/mol. The Hall–Kier alpha value is -1.35. The first-order valence-electron chi connectivity index (χ1n) is 7.50. The Morgan fingerprint density at radius 3 is 2.38 bits per heavy atom. The molecule has 11 heteroatoms. The van der Waals surface area contributed by atoms with Gasteiger partial charge < -0.3 is 11.1 Å². The first kappa shape index (κ1) is 19.4. The van der Waals surface area contributed by atoms with E-state index in [-0.39, 0.29) is 28.7 Å². The van der Waals surface area contributed by atoms with Crippen LogP contribution in [0.1, 0.15) is 24.2 Å². The highest BCUT2D eigenvalue weighted by atomic mass is 35.6. The molecule has 3 rings (SSSR count). The van der Waals surface area contributed by atoms with Gasteiger partial charge in [-0.05, 0) is 25.0 Å². The van der Waals surface area contributed by atoms with Crippen molar-refractivity contribution < 1.29 is 13.2 Å². The first-order chi connectivity index (χ1) is 12.0. The molecule has 1 aliphatic carbocycles. The van der Waals surface area contributed by atoms with Gasteiger partial charge in [0.2, 0.25) is 9.74 Å². The van der Waals surface area contributed by atoms with E-state index in [1.54, 1.807) is 0 Å². The van der Waals surface area contributed by atoms with Crippen molar-refractivity contribution in [2.45, 2.75) is 28.3 Å². The number of aromatic nitrogens is 3. The molecule has 0 spiro atoms. The molecule has 0 aliphatic heterocycles. The van der Waals surface area contributed by atoms with Crippen molar-refractivity contribution in [3.8, 4) is 11.4 Å². The molecule has 0 amide bonds. The van der Waals surface area contributed by atoms with E-state index in [1.165, 1.54) is 12.1 Å². The lowest BCUT2D eigenvalue weighted by atomic mass is 10.1. The molecule has 0 bridgehead atoms. The average Bonchev–Trinajstić information content (AvgIpc) is 3.29. The summed E-state index contributed by atoms with van der Waals surface area (Å²) < 4.78 is 36.9. The van der Waals surface area contributed by atoms with E-state index >= 15 is 0 Å². The van der Waals surface area contributed by atoms with Crippen molar-refractivity contribution in [2.75, 3.05) is 11.9 Å². The number of benzene rings is 1. The number of rotatable bonds is 4. The van der Waals surface area contributed by atoms with Crippen molar-refractivity contribution in [3.63, 3.8) is 0 Å². The molecule has 1 heterocycles. The lowest BCUT2D eigenvalue weighted by Crippen LogP contribution is -2.31. The molecule has 0 atom stereocenters. The number of halogens is 6. The number of hydrogen-bond acceptors (Lipinski definition) is 5. The van der Waals surface area contributed by atoms with Gasteiger partial charge in [-0.1, -0.05) is 46.9 Å². The minimum absolute atomic E-state index is 0.0446. The van der Waals surface area contributed by atoms with Crippen LogP contribution >= 0.6 is 34.8 Å². The molecule has 2 aromatic rings. The normalized spacial score (nSPS) is 16.4. The van der Waals surface area contributed by atoms with Gasteiger partial charge in [-0.25, -0.2) is 4.98 Å². The third-order valence-corrected chi connectivity index (χ3v) is 4.33. The number of nitrogens with two attached hydrogens (primary N) is 1. The minimum Gasteiger partial charge on any atom is -0.352 e. The highest BCUT2D eigenvalue weighted by Crippen LogP contribution is 2.38. The Morgan fingerprint density at radius 2 is 1.81 bits per heavy atom. The SMILES string of the molecule is NC1(CNc2nc(-c3cccc(C(F)(F)F)c3)nc(C(Cl)(Cl)Cl)n2)CC1. The Morgan fingerprint density at radius 1 is 1.12 bits per heavy atom. The largest absolute Gasteiger partial charge is 0.416 e. The van der Waals surface area contributed by atoms with Gasteiger partial charge in [-0.2, -0.15) is 23.1 Å². The number of nitrogens with one attached hydrogen (secondary N) is 1. The number of alkyl halides is 6. The van der Waals surface area contributed by atoms with Crippen LogP contribution in [0.15, 0.2) is 24.3 Å². The summed E-state index contributed by atoms with van der Waals surface area (Å²) in [5.74, 6) is -0.170.